The molecule has 0 heterocycles. The normalized spacial score (nSPS) is 11.8. The number of azide groups is 1. The van der Waals surface area contributed by atoms with E-state index in [-0.39, 0.29) is 0 Å². The van der Waals surface area contributed by atoms with Gasteiger partial charge in [0.05, 0.1) is 6.54 Å². The summed E-state index contributed by atoms with van der Waals surface area (Å²) in [5.41, 5.74) is 10.5. The lowest BCUT2D eigenvalue weighted by atomic mass is 10.3. The molecule has 6 heteroatoms. The summed E-state index contributed by atoms with van der Waals surface area (Å²) in [7, 11) is 0. The lowest BCUT2D eigenvalue weighted by Gasteiger charge is -2.01. The van der Waals surface area contributed by atoms with Crippen molar-refractivity contribution in [3.63, 3.8) is 0 Å². The van der Waals surface area contributed by atoms with Crippen molar-refractivity contribution in [2.24, 2.45) is 5.22 Å². The zero-order valence-corrected chi connectivity index (χ0v) is 9.61. The van der Waals surface area contributed by atoms with Gasteiger partial charge >= 0.3 is 0 Å². The first kappa shape index (κ1) is 10.6. The fourth-order valence-corrected chi connectivity index (χ4v) is 1.13. The Morgan fingerprint density at radius 3 is 2.90 bits per heavy atom. The minimum absolute atomic E-state index is 0.666. The Balaban J connectivity index is 3.10. The van der Waals surface area contributed by atoms with Crippen LogP contribution in [-0.2, 0) is 0 Å². The van der Waals surface area contributed by atoms with E-state index in [1.807, 2.05) is 0 Å². The van der Waals surface area contributed by atoms with Gasteiger partial charge < -0.3 is 0 Å². The SMILES string of the molecule is [N-]=[N+]=NNCCC(I)CI. The number of alkyl halides is 2. The molecule has 0 aliphatic carbocycles. The lowest BCUT2D eigenvalue weighted by Crippen LogP contribution is -2.12. The van der Waals surface area contributed by atoms with Crippen LogP contribution in [0, 0.1) is 0 Å². The van der Waals surface area contributed by atoms with E-state index >= 15 is 0 Å². The van der Waals surface area contributed by atoms with Crippen LogP contribution >= 0.6 is 45.2 Å². The first-order chi connectivity index (χ1) is 4.81. The van der Waals surface area contributed by atoms with Crippen molar-refractivity contribution >= 4 is 45.2 Å². The molecule has 0 radical (unpaired) electrons. The molecular formula is C4H8I2N4. The molecule has 0 bridgehead atoms. The van der Waals surface area contributed by atoms with Crippen molar-refractivity contribution < 1.29 is 0 Å². The van der Waals surface area contributed by atoms with Crippen LogP contribution in [0.1, 0.15) is 6.42 Å². The molecule has 0 aliphatic rings. The summed E-state index contributed by atoms with van der Waals surface area (Å²) in [5.74, 6) is 0. The number of hydrogen-bond acceptors (Lipinski definition) is 1. The summed E-state index contributed by atoms with van der Waals surface area (Å²) in [6.07, 6.45) is 1.04. The number of nitrogens with one attached hydrogen (secondary N) is 1. The van der Waals surface area contributed by atoms with E-state index in [4.69, 9.17) is 5.53 Å². The maximum absolute atomic E-state index is 7.88. The zero-order chi connectivity index (χ0) is 7.82. The molecular weight excluding hydrogens is 358 g/mol. The second kappa shape index (κ2) is 7.67. The van der Waals surface area contributed by atoms with Crippen LogP contribution < -0.4 is 5.43 Å². The van der Waals surface area contributed by atoms with Gasteiger partial charge in [0.15, 0.2) is 0 Å². The molecule has 58 valence electrons. The van der Waals surface area contributed by atoms with Gasteiger partial charge in [-0.25, -0.2) is 0 Å². The van der Waals surface area contributed by atoms with E-state index in [0.717, 1.165) is 17.4 Å². The largest absolute Gasteiger partial charge is 0.261 e. The molecule has 0 saturated heterocycles. The van der Waals surface area contributed by atoms with E-state index in [9.17, 15) is 0 Å². The van der Waals surface area contributed by atoms with Gasteiger partial charge in [0, 0.05) is 8.35 Å². The van der Waals surface area contributed by atoms with Gasteiger partial charge in [-0.2, -0.15) is 4.91 Å². The number of halogens is 2. The summed E-state index contributed by atoms with van der Waals surface area (Å²) in [4.78, 5) is 2.57. The molecule has 10 heavy (non-hydrogen) atoms. The highest BCUT2D eigenvalue weighted by atomic mass is 127. The highest BCUT2D eigenvalue weighted by Crippen LogP contribution is 2.07. The molecule has 4 nitrogen and oxygen atoms in total. The van der Waals surface area contributed by atoms with Crippen molar-refractivity contribution in [2.45, 2.75) is 10.3 Å². The standard InChI is InChI=1S/C4H8I2N4/c5-3-4(6)1-2-8-10-9-7/h4,8H,1-3H2. The highest BCUT2D eigenvalue weighted by Gasteiger charge is 1.99. The summed E-state index contributed by atoms with van der Waals surface area (Å²) < 4.78 is 1.80. The van der Waals surface area contributed by atoms with Gasteiger partial charge in [-0.05, 0) is 11.6 Å². The van der Waals surface area contributed by atoms with Crippen LogP contribution in [0.5, 0.6) is 0 Å². The minimum atomic E-state index is 0.666. The van der Waals surface area contributed by atoms with Gasteiger partial charge in [-0.15, -0.1) is 5.53 Å². The van der Waals surface area contributed by atoms with Crippen LogP contribution in [0.25, 0.3) is 10.4 Å². The fourth-order valence-electron chi connectivity index (χ4n) is 0.380. The highest BCUT2D eigenvalue weighted by molar-refractivity contribution is 14.1. The van der Waals surface area contributed by atoms with Crippen molar-refractivity contribution in [3.05, 3.63) is 10.4 Å². The first-order valence-electron chi connectivity index (χ1n) is 2.78. The summed E-state index contributed by atoms with van der Waals surface area (Å²) in [5, 5.41) is 3.20. The monoisotopic (exact) mass is 366 g/mol. The van der Waals surface area contributed by atoms with Gasteiger partial charge in [-0.3, -0.25) is 5.43 Å². The molecule has 0 aromatic carbocycles. The van der Waals surface area contributed by atoms with Gasteiger partial charge in [-0.1, -0.05) is 45.2 Å². The third-order valence-corrected chi connectivity index (χ3v) is 4.66. The topological polar surface area (TPSA) is 60.8 Å². The Morgan fingerprint density at radius 2 is 2.40 bits per heavy atom. The smallest absolute Gasteiger partial charge is 0.0869 e. The third kappa shape index (κ3) is 6.69. The second-order valence-corrected chi connectivity index (χ2v) is 4.28. The molecule has 0 amide bonds. The molecule has 0 aliphatic heterocycles. The maximum atomic E-state index is 7.88. The number of nitrogens with zero attached hydrogens (tertiary/aromatic N) is 3. The van der Waals surface area contributed by atoms with E-state index in [1.165, 1.54) is 0 Å². The first-order valence-corrected chi connectivity index (χ1v) is 5.55. The van der Waals surface area contributed by atoms with E-state index in [0.29, 0.717) is 3.92 Å². The molecule has 0 spiro atoms. The van der Waals surface area contributed by atoms with Crippen LogP contribution in [0.2, 0.25) is 0 Å². The zero-order valence-electron chi connectivity index (χ0n) is 5.30. The number of hydrogen-bond donors (Lipinski definition) is 1. The molecule has 0 aromatic heterocycles. The van der Waals surface area contributed by atoms with Gasteiger partial charge in [0.25, 0.3) is 0 Å². The van der Waals surface area contributed by atoms with Gasteiger partial charge in [0.2, 0.25) is 0 Å². The molecule has 0 aromatic rings. The Kier molecular flexibility index (Phi) is 8.11. The van der Waals surface area contributed by atoms with E-state index in [2.05, 4.69) is 60.7 Å². The Hall–Kier alpha value is 0.570. The Bertz CT molecular complexity index is 122. The molecule has 1 unspecified atom stereocenters. The predicted molar refractivity (Wildman–Crippen MR) is 58.5 cm³/mol. The van der Waals surface area contributed by atoms with Crippen molar-refractivity contribution in [1.82, 2.24) is 5.43 Å². The third-order valence-electron chi connectivity index (χ3n) is 0.852. The maximum Gasteiger partial charge on any atom is 0.0869 e. The Morgan fingerprint density at radius 1 is 1.70 bits per heavy atom. The molecule has 1 atom stereocenters. The van der Waals surface area contributed by atoms with Crippen molar-refractivity contribution in [3.8, 4) is 0 Å². The van der Waals surface area contributed by atoms with Gasteiger partial charge in [0.1, 0.15) is 0 Å². The Labute approximate surface area is 87.0 Å². The minimum Gasteiger partial charge on any atom is -0.261 e. The van der Waals surface area contributed by atoms with Crippen LogP contribution in [0.3, 0.4) is 0 Å². The summed E-state index contributed by atoms with van der Waals surface area (Å²) in [6.45, 7) is 0.765. The van der Waals surface area contributed by atoms with E-state index in [1.54, 1.807) is 0 Å². The van der Waals surface area contributed by atoms with E-state index < -0.39 is 0 Å². The molecule has 0 rings (SSSR count). The lowest BCUT2D eigenvalue weighted by molar-refractivity contribution is 0.685. The van der Waals surface area contributed by atoms with Crippen LogP contribution in [0.15, 0.2) is 5.22 Å². The quantitative estimate of drug-likeness (QED) is 0.152. The molecule has 0 saturated carbocycles. The molecule has 1 N–H and O–H groups in total. The average Bonchev–Trinajstić information content (AvgIpc) is 1.98. The van der Waals surface area contributed by atoms with Crippen LogP contribution in [0.4, 0.5) is 0 Å². The van der Waals surface area contributed by atoms with Crippen molar-refractivity contribution in [2.75, 3.05) is 11.0 Å². The molecule has 0 fully saturated rings. The fraction of sp³-hybridized carbons (Fsp3) is 1.00. The predicted octanol–water partition coefficient (Wildman–Crippen LogP) is 2.43. The van der Waals surface area contributed by atoms with Crippen molar-refractivity contribution in [1.29, 1.82) is 0 Å². The number of rotatable bonds is 5. The summed E-state index contributed by atoms with van der Waals surface area (Å²) >= 11 is 4.71. The van der Waals surface area contributed by atoms with Crippen LogP contribution in [-0.4, -0.2) is 14.9 Å². The second-order valence-electron chi connectivity index (χ2n) is 1.64. The summed E-state index contributed by atoms with van der Waals surface area (Å²) in [6, 6.07) is 0. The average molecular weight is 366 g/mol.